The van der Waals surface area contributed by atoms with E-state index in [1.807, 2.05) is 0 Å². The monoisotopic (exact) mass is 581 g/mol. The van der Waals surface area contributed by atoms with Crippen molar-refractivity contribution in [1.29, 1.82) is 0 Å². The van der Waals surface area contributed by atoms with Crippen molar-refractivity contribution >= 4 is 26.0 Å². The first-order chi connectivity index (χ1) is 19.2. The van der Waals surface area contributed by atoms with Crippen molar-refractivity contribution in [2.24, 2.45) is 5.92 Å². The van der Waals surface area contributed by atoms with Crippen LogP contribution in [0.1, 0.15) is 107 Å². The van der Waals surface area contributed by atoms with Gasteiger partial charge < -0.3 is 4.43 Å². The Balaban J connectivity index is 2.27. The topological polar surface area (TPSA) is 9.23 Å². The Labute approximate surface area is 251 Å². The molecule has 0 amide bonds. The van der Waals surface area contributed by atoms with Crippen LogP contribution in [0.25, 0.3) is 0 Å². The van der Waals surface area contributed by atoms with Gasteiger partial charge in [-0.15, -0.1) is 0 Å². The smallest absolute Gasteiger partial charge is 0.261 e. The molecule has 2 rings (SSSR count). The van der Waals surface area contributed by atoms with E-state index in [1.54, 1.807) is 5.57 Å². The fraction of sp³-hybridized carbons (Fsp3) is 0.622. The third-order valence-corrected chi connectivity index (χ3v) is 18.7. The number of hydrogen-bond acceptors (Lipinski definition) is 1. The predicted octanol–water partition coefficient (Wildman–Crippen LogP) is 10.3. The summed E-state index contributed by atoms with van der Waals surface area (Å²) in [5.74, 6) is 0.540. The minimum Gasteiger partial charge on any atom is -0.407 e. The summed E-state index contributed by atoms with van der Waals surface area (Å²) in [5.41, 5.74) is 1.73. The summed E-state index contributed by atoms with van der Waals surface area (Å²) in [7, 11) is -3.38. The van der Waals surface area contributed by atoms with E-state index in [0.29, 0.717) is 5.92 Å². The summed E-state index contributed by atoms with van der Waals surface area (Å²) in [5, 5.41) is 2.79. The highest BCUT2D eigenvalue weighted by atomic mass is 31.2. The molecule has 0 saturated heterocycles. The zero-order valence-electron chi connectivity index (χ0n) is 27.5. The maximum atomic E-state index is 7.23. The molecular weight excluding hydrogens is 519 g/mol. The molecule has 224 valence electrons. The molecule has 40 heavy (non-hydrogen) atoms. The number of benzene rings is 2. The molecule has 2 aromatic carbocycles. The van der Waals surface area contributed by atoms with Gasteiger partial charge in [-0.05, 0) is 59.0 Å². The molecular formula is C37H62OPSi+. The van der Waals surface area contributed by atoms with Crippen LogP contribution in [0.15, 0.2) is 72.3 Å². The van der Waals surface area contributed by atoms with Gasteiger partial charge in [0.2, 0.25) is 0 Å². The van der Waals surface area contributed by atoms with Crippen LogP contribution in [0.4, 0.5) is 0 Å². The van der Waals surface area contributed by atoms with Gasteiger partial charge in [-0.2, -0.15) is 0 Å². The van der Waals surface area contributed by atoms with Crippen LogP contribution in [0.2, 0.25) is 5.04 Å². The second-order valence-corrected chi connectivity index (χ2v) is 21.8. The first kappa shape index (κ1) is 35.0. The van der Waals surface area contributed by atoms with Crippen LogP contribution >= 0.6 is 7.26 Å². The molecule has 0 aliphatic rings. The lowest BCUT2D eigenvalue weighted by Crippen LogP contribution is -2.66. The van der Waals surface area contributed by atoms with E-state index in [2.05, 4.69) is 122 Å². The first-order valence-electron chi connectivity index (χ1n) is 16.5. The van der Waals surface area contributed by atoms with E-state index < -0.39 is 15.6 Å². The highest BCUT2D eigenvalue weighted by molar-refractivity contribution is 7.76. The average Bonchev–Trinajstić information content (AvgIpc) is 2.96. The van der Waals surface area contributed by atoms with E-state index in [0.717, 1.165) is 13.0 Å². The Morgan fingerprint density at radius 1 is 0.775 bits per heavy atom. The molecule has 0 radical (unpaired) electrons. The number of hydrogen-bond donors (Lipinski definition) is 0. The number of rotatable bonds is 19. The summed E-state index contributed by atoms with van der Waals surface area (Å²) in [6.07, 6.45) is 19.1. The van der Waals surface area contributed by atoms with Crippen molar-refractivity contribution in [3.63, 3.8) is 0 Å². The lowest BCUT2D eigenvalue weighted by molar-refractivity contribution is 0.278. The molecule has 0 bridgehead atoms. The van der Waals surface area contributed by atoms with Gasteiger partial charge in [0.25, 0.3) is 8.32 Å². The Bertz CT molecular complexity index is 901. The lowest BCUT2D eigenvalue weighted by atomic mass is 10.0. The normalized spacial score (nSPS) is 13.9. The van der Waals surface area contributed by atoms with Crippen LogP contribution in [0, 0.1) is 5.92 Å². The van der Waals surface area contributed by atoms with Crippen LogP contribution in [-0.2, 0) is 4.43 Å². The van der Waals surface area contributed by atoms with Gasteiger partial charge >= 0.3 is 0 Å². The summed E-state index contributed by atoms with van der Waals surface area (Å²) < 4.78 is 7.23. The van der Waals surface area contributed by atoms with E-state index in [1.165, 1.54) is 80.0 Å². The van der Waals surface area contributed by atoms with Gasteiger partial charge in [-0.25, -0.2) is 0 Å². The molecule has 0 aliphatic carbocycles. The van der Waals surface area contributed by atoms with Gasteiger partial charge in [0.05, 0.1) is 24.6 Å². The number of allylic oxidation sites excluding steroid dienone is 2. The SMILES string of the molecule is CCCC[P+](CCCC)(CCCC)C/C(=C\[C@H](C)CCO[Si](c1ccccc1)(c1ccccc1)C(C)(C)C)CC. The maximum absolute atomic E-state index is 7.23. The third kappa shape index (κ3) is 9.96. The molecule has 3 heteroatoms. The standard InChI is InChI=1S/C37H62OPSi/c1-9-13-28-39(29-14-10-2,30-15-11-3)32-34(12-4)31-33(5)26-27-38-40(37(6,7)8,35-22-18-16-19-23-35)36-24-20-17-21-25-36/h16-25,31,33H,9-15,26-30,32H2,1-8H3/q+1/b34-31-/t33-/m1/s1. The van der Waals surface area contributed by atoms with E-state index in [4.69, 9.17) is 4.43 Å². The summed E-state index contributed by atoms with van der Waals surface area (Å²) in [4.78, 5) is 0. The van der Waals surface area contributed by atoms with Crippen LogP contribution in [0.5, 0.6) is 0 Å². The van der Waals surface area contributed by atoms with E-state index >= 15 is 0 Å². The van der Waals surface area contributed by atoms with Crippen molar-refractivity contribution in [2.75, 3.05) is 31.3 Å². The number of unbranched alkanes of at least 4 members (excludes halogenated alkanes) is 3. The average molecular weight is 582 g/mol. The fourth-order valence-electron chi connectivity index (χ4n) is 6.41. The van der Waals surface area contributed by atoms with Gasteiger partial charge in [-0.1, -0.05) is 141 Å². The summed E-state index contributed by atoms with van der Waals surface area (Å²) in [6, 6.07) is 22.2. The molecule has 2 aromatic rings. The summed E-state index contributed by atoms with van der Waals surface area (Å²) in [6.45, 7) is 19.9. The van der Waals surface area contributed by atoms with Crippen LogP contribution in [-0.4, -0.2) is 39.6 Å². The zero-order valence-corrected chi connectivity index (χ0v) is 29.4. The minimum absolute atomic E-state index is 0.0330. The van der Waals surface area contributed by atoms with Crippen LogP contribution < -0.4 is 10.4 Å². The molecule has 1 atom stereocenters. The van der Waals surface area contributed by atoms with Crippen molar-refractivity contribution in [2.45, 2.75) is 112 Å². The Morgan fingerprint density at radius 3 is 1.60 bits per heavy atom. The van der Waals surface area contributed by atoms with Crippen LogP contribution in [0.3, 0.4) is 0 Å². The maximum Gasteiger partial charge on any atom is 0.261 e. The van der Waals surface area contributed by atoms with Crippen molar-refractivity contribution in [1.82, 2.24) is 0 Å². The molecule has 1 nitrogen and oxygen atoms in total. The fourth-order valence-corrected chi connectivity index (χ4v) is 16.3. The van der Waals surface area contributed by atoms with E-state index in [9.17, 15) is 0 Å². The zero-order chi connectivity index (χ0) is 29.5. The molecule has 0 spiro atoms. The molecule has 0 heterocycles. The van der Waals surface area contributed by atoms with Crippen molar-refractivity contribution < 1.29 is 4.43 Å². The second kappa shape index (κ2) is 17.7. The molecule has 0 fully saturated rings. The molecule has 0 aliphatic heterocycles. The van der Waals surface area contributed by atoms with Crippen molar-refractivity contribution in [3.8, 4) is 0 Å². The van der Waals surface area contributed by atoms with Crippen molar-refractivity contribution in [3.05, 3.63) is 72.3 Å². The Morgan fingerprint density at radius 2 is 1.23 bits per heavy atom. The highest BCUT2D eigenvalue weighted by Crippen LogP contribution is 2.62. The lowest BCUT2D eigenvalue weighted by Gasteiger charge is -2.43. The molecule has 0 saturated carbocycles. The molecule has 0 N–H and O–H groups in total. The molecule has 0 unspecified atom stereocenters. The quantitative estimate of drug-likeness (QED) is 0.0911. The third-order valence-electron chi connectivity index (χ3n) is 8.78. The minimum atomic E-state index is -2.46. The van der Waals surface area contributed by atoms with Gasteiger partial charge in [0.15, 0.2) is 0 Å². The predicted molar refractivity (Wildman–Crippen MR) is 187 cm³/mol. The highest BCUT2D eigenvalue weighted by Gasteiger charge is 2.50. The van der Waals surface area contributed by atoms with Gasteiger partial charge in [0, 0.05) is 13.9 Å². The molecule has 0 aromatic heterocycles. The second-order valence-electron chi connectivity index (χ2n) is 13.2. The first-order valence-corrected chi connectivity index (χ1v) is 20.9. The Hall–Kier alpha value is -1.21. The summed E-state index contributed by atoms with van der Waals surface area (Å²) >= 11 is 0. The van der Waals surface area contributed by atoms with Gasteiger partial charge in [0.1, 0.15) is 0 Å². The largest absolute Gasteiger partial charge is 0.407 e. The van der Waals surface area contributed by atoms with Gasteiger partial charge in [-0.3, -0.25) is 0 Å². The van der Waals surface area contributed by atoms with E-state index in [-0.39, 0.29) is 5.04 Å². The Kier molecular flexibility index (Phi) is 15.5.